The van der Waals surface area contributed by atoms with Crippen LogP contribution in [0.2, 0.25) is 0 Å². The van der Waals surface area contributed by atoms with Gasteiger partial charge in [-0.25, -0.2) is 4.79 Å². The van der Waals surface area contributed by atoms with Gasteiger partial charge in [-0.15, -0.1) is 0 Å². The molecule has 1 saturated heterocycles. The summed E-state index contributed by atoms with van der Waals surface area (Å²) in [5.41, 5.74) is -8.12. The molecule has 1 aliphatic heterocycles. The molecule has 0 amide bonds. The van der Waals surface area contributed by atoms with E-state index in [0.717, 1.165) is 0 Å². The zero-order valence-electron chi connectivity index (χ0n) is 12.1. The van der Waals surface area contributed by atoms with E-state index < -0.39 is 45.8 Å². The molecule has 9 nitrogen and oxygen atoms in total. The van der Waals surface area contributed by atoms with Crippen LogP contribution < -0.4 is 0 Å². The Labute approximate surface area is 120 Å². The van der Waals surface area contributed by atoms with Crippen LogP contribution >= 0.6 is 0 Å². The zero-order valence-corrected chi connectivity index (χ0v) is 12.1. The fourth-order valence-electron chi connectivity index (χ4n) is 4.30. The Morgan fingerprint density at radius 1 is 1.05 bits per heavy atom. The van der Waals surface area contributed by atoms with Gasteiger partial charge in [0.2, 0.25) is 5.60 Å². The third kappa shape index (κ3) is 1.09. The first-order valence-electron chi connectivity index (χ1n) is 6.32. The number of aliphatic hydroxyl groups excluding tert-OH is 2. The molecule has 2 aliphatic carbocycles. The van der Waals surface area contributed by atoms with Gasteiger partial charge < -0.3 is 25.9 Å². The summed E-state index contributed by atoms with van der Waals surface area (Å²) in [7, 11) is 0. The Morgan fingerprint density at radius 3 is 1.95 bits per heavy atom. The average molecular weight is 308 g/mol. The fourth-order valence-corrected chi connectivity index (χ4v) is 4.30. The van der Waals surface area contributed by atoms with Crippen molar-refractivity contribution in [3.8, 4) is 0 Å². The molecule has 5 atom stereocenters. The summed E-state index contributed by atoms with van der Waals surface area (Å²) >= 11 is 0. The predicted molar refractivity (Wildman–Crippen MR) is 64.5 cm³/mol. The highest BCUT2D eigenvalue weighted by Crippen LogP contribution is 2.81. The lowest BCUT2D eigenvalue weighted by molar-refractivity contribution is -0.519. The Kier molecular flexibility index (Phi) is 2.95. The quantitative estimate of drug-likeness (QED) is 0.433. The fraction of sp³-hybridized carbons (Fsp3) is 0.917. The van der Waals surface area contributed by atoms with E-state index in [4.69, 9.17) is 9.78 Å². The summed E-state index contributed by atoms with van der Waals surface area (Å²) in [4.78, 5) is 21.5. The van der Waals surface area contributed by atoms with Crippen molar-refractivity contribution in [2.75, 3.05) is 0 Å². The normalized spacial score (nSPS) is 52.3. The van der Waals surface area contributed by atoms with E-state index in [1.54, 1.807) is 0 Å². The van der Waals surface area contributed by atoms with E-state index in [9.17, 15) is 25.2 Å². The Bertz CT molecular complexity index is 503. The van der Waals surface area contributed by atoms with E-state index >= 15 is 0 Å². The van der Waals surface area contributed by atoms with Crippen LogP contribution in [0.5, 0.6) is 0 Å². The first-order chi connectivity index (χ1) is 8.97. The first kappa shape index (κ1) is 16.6. The van der Waals surface area contributed by atoms with Gasteiger partial charge >= 0.3 is 5.97 Å². The number of carboxylic acids is 1. The van der Waals surface area contributed by atoms with Crippen molar-refractivity contribution < 1.29 is 45.5 Å². The standard InChI is InChI=1S/C12H18O8.H2O/c1-8(2)5(13)6(14)10(8,17)12-9(3,4)11(12,7(15)16)18-20-19-12;/h5-6,13-14,17H,1-4H3,(H,15,16);1H2/t5?,6-,10-,11-,12-;/m0./s1. The van der Waals surface area contributed by atoms with Crippen LogP contribution in [-0.2, 0) is 19.6 Å². The molecular weight excluding hydrogens is 288 g/mol. The molecule has 0 aromatic carbocycles. The molecular formula is C12H20O9. The molecule has 2 saturated carbocycles. The topological polar surface area (TPSA) is 157 Å². The molecule has 0 spiro atoms. The second kappa shape index (κ2) is 3.74. The lowest BCUT2D eigenvalue weighted by atomic mass is 9.50. The Hall–Kier alpha value is -0.810. The van der Waals surface area contributed by atoms with Gasteiger partial charge in [-0.2, -0.15) is 9.78 Å². The van der Waals surface area contributed by atoms with Crippen LogP contribution in [0.1, 0.15) is 27.7 Å². The van der Waals surface area contributed by atoms with Crippen LogP contribution in [0.25, 0.3) is 0 Å². The second-order valence-corrected chi connectivity index (χ2v) is 6.90. The Morgan fingerprint density at radius 2 is 1.57 bits per heavy atom. The molecule has 3 rings (SSSR count). The number of hydrogen-bond acceptors (Lipinski definition) is 7. The van der Waals surface area contributed by atoms with Gasteiger partial charge in [0.25, 0.3) is 0 Å². The molecule has 122 valence electrons. The van der Waals surface area contributed by atoms with Crippen molar-refractivity contribution in [1.82, 2.24) is 0 Å². The van der Waals surface area contributed by atoms with E-state index in [1.807, 2.05) is 0 Å². The summed E-state index contributed by atoms with van der Waals surface area (Å²) in [5, 5.41) is 44.8. The number of carbonyl (C=O) groups is 1. The monoisotopic (exact) mass is 308 g/mol. The highest BCUT2D eigenvalue weighted by atomic mass is 17.5. The molecule has 0 bridgehead atoms. The molecule has 3 fully saturated rings. The average Bonchev–Trinajstić information content (AvgIpc) is 2.68. The van der Waals surface area contributed by atoms with Crippen molar-refractivity contribution in [1.29, 1.82) is 0 Å². The lowest BCUT2D eigenvalue weighted by Crippen LogP contribution is -2.82. The molecule has 6 N–H and O–H groups in total. The van der Waals surface area contributed by atoms with Gasteiger partial charge in [-0.05, 0) is 0 Å². The van der Waals surface area contributed by atoms with E-state index in [2.05, 4.69) is 5.04 Å². The first-order valence-corrected chi connectivity index (χ1v) is 6.32. The highest BCUT2D eigenvalue weighted by Gasteiger charge is 3.04. The van der Waals surface area contributed by atoms with E-state index in [0.29, 0.717) is 0 Å². The maximum atomic E-state index is 11.6. The van der Waals surface area contributed by atoms with Crippen LogP contribution in [0.4, 0.5) is 0 Å². The number of fused-ring (bicyclic) bond motifs is 1. The maximum absolute atomic E-state index is 11.6. The van der Waals surface area contributed by atoms with E-state index in [-0.39, 0.29) is 5.48 Å². The van der Waals surface area contributed by atoms with Crippen LogP contribution in [0, 0.1) is 10.8 Å². The largest absolute Gasteiger partial charge is 0.479 e. The number of aliphatic hydroxyl groups is 3. The molecule has 0 aromatic heterocycles. The van der Waals surface area contributed by atoms with Crippen molar-refractivity contribution in [2.45, 2.75) is 56.7 Å². The molecule has 21 heavy (non-hydrogen) atoms. The molecule has 0 radical (unpaired) electrons. The van der Waals surface area contributed by atoms with Gasteiger partial charge in [0, 0.05) is 5.41 Å². The van der Waals surface area contributed by atoms with Gasteiger partial charge in [0.1, 0.15) is 11.7 Å². The minimum absolute atomic E-state index is 0. The summed E-state index contributed by atoms with van der Waals surface area (Å²) in [6, 6.07) is 0. The molecule has 1 unspecified atom stereocenters. The Balaban J connectivity index is 0.00000161. The maximum Gasteiger partial charge on any atom is 0.343 e. The summed E-state index contributed by atoms with van der Waals surface area (Å²) in [6.07, 6.45) is -2.78. The summed E-state index contributed by atoms with van der Waals surface area (Å²) in [5.74, 6) is -1.36. The summed E-state index contributed by atoms with van der Waals surface area (Å²) < 4.78 is 0. The SMILES string of the molecule is CC1(C)[C@@]2([C@]3(O)[C@@H](O)C(O)C3(C)C)OOO[C@@]12C(=O)O.O. The number of carboxylic acid groups (broad SMARTS) is 1. The highest BCUT2D eigenvalue weighted by molar-refractivity contribution is 5.88. The van der Waals surface area contributed by atoms with Crippen molar-refractivity contribution in [3.05, 3.63) is 0 Å². The third-order valence-corrected chi connectivity index (χ3v) is 5.80. The van der Waals surface area contributed by atoms with Gasteiger partial charge in [-0.1, -0.05) is 32.7 Å². The zero-order chi connectivity index (χ0) is 15.4. The number of rotatable bonds is 2. The van der Waals surface area contributed by atoms with E-state index in [1.165, 1.54) is 27.7 Å². The molecule has 1 heterocycles. The third-order valence-electron chi connectivity index (χ3n) is 5.80. The molecule has 9 heteroatoms. The minimum Gasteiger partial charge on any atom is -0.479 e. The van der Waals surface area contributed by atoms with Crippen molar-refractivity contribution in [3.63, 3.8) is 0 Å². The van der Waals surface area contributed by atoms with Gasteiger partial charge in [0.05, 0.1) is 11.5 Å². The smallest absolute Gasteiger partial charge is 0.343 e. The predicted octanol–water partition coefficient (Wildman–Crippen LogP) is -1.85. The van der Waals surface area contributed by atoms with Crippen molar-refractivity contribution >= 4 is 5.97 Å². The molecule has 0 aromatic rings. The molecule has 3 aliphatic rings. The van der Waals surface area contributed by atoms with Gasteiger partial charge in [-0.3, -0.25) is 0 Å². The lowest BCUT2D eigenvalue weighted by Gasteiger charge is -2.62. The summed E-state index contributed by atoms with van der Waals surface area (Å²) in [6.45, 7) is 6.11. The minimum atomic E-state index is -2.03. The van der Waals surface area contributed by atoms with Crippen molar-refractivity contribution in [2.24, 2.45) is 10.8 Å². The van der Waals surface area contributed by atoms with Crippen LogP contribution in [-0.4, -0.2) is 60.9 Å². The van der Waals surface area contributed by atoms with Crippen LogP contribution in [0.3, 0.4) is 0 Å². The van der Waals surface area contributed by atoms with Gasteiger partial charge in [0.15, 0.2) is 5.60 Å². The van der Waals surface area contributed by atoms with Crippen LogP contribution in [0.15, 0.2) is 0 Å². The second-order valence-electron chi connectivity index (χ2n) is 6.90. The number of aliphatic carboxylic acids is 1. The number of hydrogen-bond donors (Lipinski definition) is 4.